The SMILES string of the molecule is CC(CCCOCC=C(Cl)Cl)Oc1c(Cl)cc(OCC=C(Cl)Cl)cc1Cl. The van der Waals surface area contributed by atoms with Crippen LogP contribution in [0.25, 0.3) is 0 Å². The van der Waals surface area contributed by atoms with Gasteiger partial charge >= 0.3 is 0 Å². The summed E-state index contributed by atoms with van der Waals surface area (Å²) in [5.74, 6) is 0.905. The van der Waals surface area contributed by atoms with E-state index in [4.69, 9.17) is 83.8 Å². The molecule has 0 aliphatic rings. The maximum Gasteiger partial charge on any atom is 0.157 e. The van der Waals surface area contributed by atoms with Crippen LogP contribution in [0.1, 0.15) is 19.8 Å². The zero-order valence-electron chi connectivity index (χ0n) is 13.9. The summed E-state index contributed by atoms with van der Waals surface area (Å²) in [5.41, 5.74) is 0. The fraction of sp³-hybridized carbons (Fsp3) is 0.412. The molecule has 3 nitrogen and oxygen atoms in total. The molecular weight excluding hydrogens is 465 g/mol. The average Bonchev–Trinajstić information content (AvgIpc) is 2.53. The molecule has 1 atom stereocenters. The highest BCUT2D eigenvalue weighted by Crippen LogP contribution is 2.37. The Morgan fingerprint density at radius 3 is 2.15 bits per heavy atom. The van der Waals surface area contributed by atoms with Gasteiger partial charge in [0.05, 0.1) is 22.8 Å². The van der Waals surface area contributed by atoms with Crippen molar-refractivity contribution in [1.29, 1.82) is 0 Å². The molecule has 0 aromatic heterocycles. The molecule has 0 spiro atoms. The van der Waals surface area contributed by atoms with Gasteiger partial charge in [-0.05, 0) is 31.9 Å². The van der Waals surface area contributed by atoms with Gasteiger partial charge in [0.15, 0.2) is 5.75 Å². The Labute approximate surface area is 183 Å². The summed E-state index contributed by atoms with van der Waals surface area (Å²) in [5, 5.41) is 0.719. The normalized spacial score (nSPS) is 11.7. The van der Waals surface area contributed by atoms with Crippen molar-refractivity contribution in [3.05, 3.63) is 43.3 Å². The highest BCUT2D eigenvalue weighted by atomic mass is 35.5. The molecule has 0 bridgehead atoms. The Morgan fingerprint density at radius 1 is 1.00 bits per heavy atom. The van der Waals surface area contributed by atoms with E-state index >= 15 is 0 Å². The van der Waals surface area contributed by atoms with E-state index in [9.17, 15) is 0 Å². The standard InChI is InChI=1S/C17H18Cl6O3/c1-11(3-2-6-24-7-4-15(20)21)26-17-13(18)9-12(10-14(17)19)25-8-5-16(22)23/h4-5,9-11H,2-3,6-8H2,1H3. The van der Waals surface area contributed by atoms with E-state index < -0.39 is 0 Å². The summed E-state index contributed by atoms with van der Waals surface area (Å²) in [6.45, 7) is 3.08. The van der Waals surface area contributed by atoms with Gasteiger partial charge in [0, 0.05) is 18.7 Å². The maximum atomic E-state index is 6.24. The first kappa shape index (κ1) is 24.0. The van der Waals surface area contributed by atoms with Crippen molar-refractivity contribution >= 4 is 69.6 Å². The van der Waals surface area contributed by atoms with Crippen molar-refractivity contribution in [1.82, 2.24) is 0 Å². The Morgan fingerprint density at radius 2 is 1.58 bits per heavy atom. The van der Waals surface area contributed by atoms with Crippen LogP contribution in [-0.4, -0.2) is 25.9 Å². The summed E-state index contributed by atoms with van der Waals surface area (Å²) in [4.78, 5) is 0. The third kappa shape index (κ3) is 10.4. The van der Waals surface area contributed by atoms with Crippen LogP contribution in [-0.2, 0) is 4.74 Å². The smallest absolute Gasteiger partial charge is 0.157 e. The lowest BCUT2D eigenvalue weighted by atomic mass is 10.2. The predicted molar refractivity (Wildman–Crippen MR) is 112 cm³/mol. The van der Waals surface area contributed by atoms with Crippen LogP contribution in [0.5, 0.6) is 11.5 Å². The third-order valence-corrected chi connectivity index (χ3v) is 4.21. The van der Waals surface area contributed by atoms with E-state index in [0.29, 0.717) is 34.8 Å². The summed E-state index contributed by atoms with van der Waals surface area (Å²) in [6.07, 6.45) is 4.57. The Balaban J connectivity index is 2.48. The predicted octanol–water partition coefficient (Wildman–Crippen LogP) is 7.57. The van der Waals surface area contributed by atoms with Gasteiger partial charge in [-0.2, -0.15) is 0 Å². The molecule has 1 aromatic carbocycles. The molecule has 0 saturated carbocycles. The van der Waals surface area contributed by atoms with Gasteiger partial charge in [-0.15, -0.1) is 0 Å². The van der Waals surface area contributed by atoms with Crippen LogP contribution in [0.4, 0.5) is 0 Å². The number of hydrogen-bond donors (Lipinski definition) is 0. The molecule has 0 aliphatic heterocycles. The second-order valence-electron chi connectivity index (χ2n) is 5.16. The monoisotopic (exact) mass is 480 g/mol. The van der Waals surface area contributed by atoms with Crippen molar-refractivity contribution in [3.8, 4) is 11.5 Å². The first-order valence-corrected chi connectivity index (χ1v) is 9.95. The number of halogens is 6. The highest BCUT2D eigenvalue weighted by Gasteiger charge is 2.14. The van der Waals surface area contributed by atoms with E-state index in [1.807, 2.05) is 6.92 Å². The van der Waals surface area contributed by atoms with E-state index in [2.05, 4.69) is 0 Å². The average molecular weight is 483 g/mol. The van der Waals surface area contributed by atoms with E-state index in [0.717, 1.165) is 12.8 Å². The number of hydrogen-bond acceptors (Lipinski definition) is 3. The molecule has 1 aromatic rings. The largest absolute Gasteiger partial charge is 0.489 e. The lowest BCUT2D eigenvalue weighted by molar-refractivity contribution is 0.138. The van der Waals surface area contributed by atoms with Gasteiger partial charge in [-0.25, -0.2) is 0 Å². The fourth-order valence-electron chi connectivity index (χ4n) is 1.87. The molecule has 1 rings (SSSR count). The molecule has 0 N–H and O–H groups in total. The second-order valence-corrected chi connectivity index (χ2v) is 7.99. The molecule has 0 saturated heterocycles. The first-order chi connectivity index (χ1) is 12.3. The summed E-state index contributed by atoms with van der Waals surface area (Å²) < 4.78 is 17.0. The van der Waals surface area contributed by atoms with Crippen molar-refractivity contribution in [2.75, 3.05) is 19.8 Å². The van der Waals surface area contributed by atoms with Gasteiger partial charge in [-0.1, -0.05) is 69.6 Å². The van der Waals surface area contributed by atoms with E-state index in [1.54, 1.807) is 18.2 Å². The van der Waals surface area contributed by atoms with Gasteiger partial charge < -0.3 is 14.2 Å². The van der Waals surface area contributed by atoms with Crippen LogP contribution in [0, 0.1) is 0 Å². The van der Waals surface area contributed by atoms with Gasteiger partial charge in [0.25, 0.3) is 0 Å². The lowest BCUT2D eigenvalue weighted by Gasteiger charge is -2.17. The quantitative estimate of drug-likeness (QED) is 0.304. The minimum atomic E-state index is -0.0921. The molecule has 0 aliphatic carbocycles. The molecule has 146 valence electrons. The van der Waals surface area contributed by atoms with Gasteiger partial charge in [0.2, 0.25) is 0 Å². The van der Waals surface area contributed by atoms with Crippen LogP contribution in [0.15, 0.2) is 33.3 Å². The lowest BCUT2D eigenvalue weighted by Crippen LogP contribution is -2.13. The molecule has 9 heteroatoms. The topological polar surface area (TPSA) is 27.7 Å². The van der Waals surface area contributed by atoms with Gasteiger partial charge in [0.1, 0.15) is 21.3 Å². The maximum absolute atomic E-state index is 6.24. The zero-order valence-corrected chi connectivity index (χ0v) is 18.5. The summed E-state index contributed by atoms with van der Waals surface area (Å²) in [6, 6.07) is 3.24. The molecule has 0 radical (unpaired) electrons. The van der Waals surface area contributed by atoms with E-state index in [-0.39, 0.29) is 21.7 Å². The molecular formula is C17H18Cl6O3. The molecule has 0 amide bonds. The van der Waals surface area contributed by atoms with Crippen LogP contribution in [0.2, 0.25) is 10.0 Å². The molecule has 1 unspecified atom stereocenters. The number of benzene rings is 1. The fourth-order valence-corrected chi connectivity index (χ4v) is 2.68. The third-order valence-electron chi connectivity index (χ3n) is 3.03. The van der Waals surface area contributed by atoms with Crippen molar-refractivity contribution < 1.29 is 14.2 Å². The van der Waals surface area contributed by atoms with E-state index in [1.165, 1.54) is 6.08 Å². The van der Waals surface area contributed by atoms with Crippen LogP contribution in [0.3, 0.4) is 0 Å². The summed E-state index contributed by atoms with van der Waals surface area (Å²) in [7, 11) is 0. The van der Waals surface area contributed by atoms with Crippen molar-refractivity contribution in [3.63, 3.8) is 0 Å². The molecule has 0 fully saturated rings. The number of ether oxygens (including phenoxy) is 3. The Bertz CT molecular complexity index is 602. The second kappa shape index (κ2) is 13.2. The molecule has 26 heavy (non-hydrogen) atoms. The Hall–Kier alpha value is -0.000000000000000167. The van der Waals surface area contributed by atoms with Gasteiger partial charge in [-0.3, -0.25) is 0 Å². The Kier molecular flexibility index (Phi) is 12.2. The molecule has 0 heterocycles. The van der Waals surface area contributed by atoms with Crippen LogP contribution < -0.4 is 9.47 Å². The van der Waals surface area contributed by atoms with Crippen molar-refractivity contribution in [2.45, 2.75) is 25.9 Å². The number of rotatable bonds is 11. The summed E-state index contributed by atoms with van der Waals surface area (Å²) >= 11 is 34.5. The zero-order chi connectivity index (χ0) is 19.5. The first-order valence-electron chi connectivity index (χ1n) is 7.68. The minimum absolute atomic E-state index is 0.0921. The van der Waals surface area contributed by atoms with Crippen molar-refractivity contribution in [2.24, 2.45) is 0 Å². The minimum Gasteiger partial charge on any atom is -0.489 e. The van der Waals surface area contributed by atoms with Crippen LogP contribution >= 0.6 is 69.6 Å². The highest BCUT2D eigenvalue weighted by molar-refractivity contribution is 6.56.